The molecule has 1 heterocycles. The molecule has 0 aliphatic carbocycles. The first-order chi connectivity index (χ1) is 8.15. The van der Waals surface area contributed by atoms with Crippen molar-refractivity contribution in [1.82, 2.24) is 9.97 Å². The van der Waals surface area contributed by atoms with Gasteiger partial charge in [0.05, 0.1) is 12.4 Å². The fourth-order valence-electron chi connectivity index (χ4n) is 1.19. The number of halogens is 2. The number of aromatic nitrogens is 2. The Morgan fingerprint density at radius 2 is 2.12 bits per heavy atom. The summed E-state index contributed by atoms with van der Waals surface area (Å²) in [5.74, 6) is -0.327. The van der Waals surface area contributed by atoms with Crippen LogP contribution in [0, 0.1) is 0 Å². The molecule has 2 rings (SSSR count). The third kappa shape index (κ3) is 3.25. The molecule has 2 aromatic rings. The zero-order chi connectivity index (χ0) is 12.3. The van der Waals surface area contributed by atoms with Gasteiger partial charge in [-0.2, -0.15) is 0 Å². The van der Waals surface area contributed by atoms with Crippen molar-refractivity contribution in [3.63, 3.8) is 0 Å². The molecule has 1 aromatic carbocycles. The number of anilines is 1. The van der Waals surface area contributed by atoms with E-state index >= 15 is 0 Å². The largest absolute Gasteiger partial charge is 0.321 e. The van der Waals surface area contributed by atoms with E-state index in [1.165, 1.54) is 12.4 Å². The number of carbonyl (C=O) groups excluding carboxylic acids is 1. The van der Waals surface area contributed by atoms with E-state index in [4.69, 9.17) is 11.6 Å². The number of nitrogens with zero attached hydrogens (tertiary/aromatic N) is 2. The lowest BCUT2D eigenvalue weighted by Crippen LogP contribution is -2.13. The number of hydrogen-bond donors (Lipinski definition) is 1. The lowest BCUT2D eigenvalue weighted by Gasteiger charge is -2.04. The third-order valence-corrected chi connectivity index (χ3v) is 2.58. The molecule has 0 spiro atoms. The average molecular weight is 313 g/mol. The van der Waals surface area contributed by atoms with Crippen molar-refractivity contribution in [3.8, 4) is 0 Å². The van der Waals surface area contributed by atoms with Crippen LogP contribution in [0.1, 0.15) is 10.5 Å². The van der Waals surface area contributed by atoms with Crippen molar-refractivity contribution in [2.24, 2.45) is 0 Å². The lowest BCUT2D eigenvalue weighted by molar-refractivity contribution is 0.102. The van der Waals surface area contributed by atoms with Gasteiger partial charge in [0, 0.05) is 10.7 Å². The highest BCUT2D eigenvalue weighted by Crippen LogP contribution is 2.15. The van der Waals surface area contributed by atoms with Gasteiger partial charge in [-0.1, -0.05) is 17.7 Å². The third-order valence-electron chi connectivity index (χ3n) is 1.94. The van der Waals surface area contributed by atoms with E-state index in [-0.39, 0.29) is 11.6 Å². The van der Waals surface area contributed by atoms with Gasteiger partial charge >= 0.3 is 0 Å². The second-order valence-corrected chi connectivity index (χ2v) is 4.44. The van der Waals surface area contributed by atoms with Crippen LogP contribution in [0.2, 0.25) is 5.02 Å². The average Bonchev–Trinajstić information content (AvgIpc) is 2.29. The molecule has 0 saturated heterocycles. The molecule has 0 radical (unpaired) electrons. The van der Waals surface area contributed by atoms with Crippen LogP contribution in [0.3, 0.4) is 0 Å². The second kappa shape index (κ2) is 5.25. The van der Waals surface area contributed by atoms with Gasteiger partial charge in [0.1, 0.15) is 10.3 Å². The number of hydrogen-bond acceptors (Lipinski definition) is 3. The summed E-state index contributed by atoms with van der Waals surface area (Å²) in [6.45, 7) is 0. The quantitative estimate of drug-likeness (QED) is 0.927. The minimum absolute atomic E-state index is 0.244. The monoisotopic (exact) mass is 311 g/mol. The Balaban J connectivity index is 2.14. The Labute approximate surface area is 111 Å². The van der Waals surface area contributed by atoms with Crippen LogP contribution < -0.4 is 5.32 Å². The molecule has 17 heavy (non-hydrogen) atoms. The predicted molar refractivity (Wildman–Crippen MR) is 69.1 cm³/mol. The summed E-state index contributed by atoms with van der Waals surface area (Å²) in [6.07, 6.45) is 2.86. The van der Waals surface area contributed by atoms with Gasteiger partial charge in [-0.15, -0.1) is 0 Å². The minimum atomic E-state index is -0.327. The van der Waals surface area contributed by atoms with Gasteiger partial charge in [0.15, 0.2) is 0 Å². The number of benzene rings is 1. The Kier molecular flexibility index (Phi) is 3.71. The lowest BCUT2D eigenvalue weighted by atomic mass is 10.3. The van der Waals surface area contributed by atoms with Gasteiger partial charge in [-0.3, -0.25) is 4.79 Å². The minimum Gasteiger partial charge on any atom is -0.321 e. The zero-order valence-corrected chi connectivity index (χ0v) is 10.9. The van der Waals surface area contributed by atoms with Crippen molar-refractivity contribution in [2.45, 2.75) is 0 Å². The maximum Gasteiger partial charge on any atom is 0.275 e. The first-order valence-electron chi connectivity index (χ1n) is 4.69. The van der Waals surface area contributed by atoms with E-state index < -0.39 is 0 Å². The summed E-state index contributed by atoms with van der Waals surface area (Å²) in [6, 6.07) is 6.89. The van der Waals surface area contributed by atoms with Crippen LogP contribution in [0.15, 0.2) is 41.3 Å². The molecule has 6 heteroatoms. The van der Waals surface area contributed by atoms with Gasteiger partial charge in [0.25, 0.3) is 5.91 Å². The molecule has 1 amide bonds. The van der Waals surface area contributed by atoms with Crippen LogP contribution >= 0.6 is 27.5 Å². The smallest absolute Gasteiger partial charge is 0.275 e. The topological polar surface area (TPSA) is 54.9 Å². The van der Waals surface area contributed by atoms with Crippen molar-refractivity contribution in [2.75, 3.05) is 5.32 Å². The van der Waals surface area contributed by atoms with Gasteiger partial charge < -0.3 is 5.32 Å². The van der Waals surface area contributed by atoms with Gasteiger partial charge in [0.2, 0.25) is 0 Å². The van der Waals surface area contributed by atoms with Crippen LogP contribution in [-0.2, 0) is 0 Å². The maximum absolute atomic E-state index is 11.8. The molecular weight excluding hydrogens is 305 g/mol. The summed E-state index contributed by atoms with van der Waals surface area (Å²) < 4.78 is 0.580. The van der Waals surface area contributed by atoms with Crippen LogP contribution in [0.25, 0.3) is 0 Å². The van der Waals surface area contributed by atoms with Gasteiger partial charge in [-0.05, 0) is 34.1 Å². The van der Waals surface area contributed by atoms with E-state index in [0.29, 0.717) is 15.3 Å². The summed E-state index contributed by atoms with van der Waals surface area (Å²) in [5.41, 5.74) is 0.861. The summed E-state index contributed by atoms with van der Waals surface area (Å²) in [4.78, 5) is 19.6. The molecule has 1 N–H and O–H groups in total. The van der Waals surface area contributed by atoms with Crippen LogP contribution in [-0.4, -0.2) is 15.9 Å². The molecule has 0 saturated carbocycles. The number of rotatable bonds is 2. The first kappa shape index (κ1) is 12.0. The summed E-state index contributed by atoms with van der Waals surface area (Å²) in [7, 11) is 0. The second-order valence-electron chi connectivity index (χ2n) is 3.19. The molecule has 1 aromatic heterocycles. The molecule has 86 valence electrons. The highest BCUT2D eigenvalue weighted by Gasteiger charge is 2.08. The number of amides is 1. The molecule has 0 fully saturated rings. The van der Waals surface area contributed by atoms with Crippen LogP contribution in [0.5, 0.6) is 0 Å². The number of nitrogens with one attached hydrogen (secondary N) is 1. The Morgan fingerprint density at radius 1 is 1.29 bits per heavy atom. The van der Waals surface area contributed by atoms with Crippen molar-refractivity contribution in [3.05, 3.63) is 52.0 Å². The van der Waals surface area contributed by atoms with Crippen molar-refractivity contribution < 1.29 is 4.79 Å². The first-order valence-corrected chi connectivity index (χ1v) is 5.87. The van der Waals surface area contributed by atoms with Crippen LogP contribution in [0.4, 0.5) is 5.69 Å². The fourth-order valence-corrected chi connectivity index (χ4v) is 1.59. The fraction of sp³-hybridized carbons (Fsp3) is 0. The number of carbonyl (C=O) groups is 1. The highest BCUT2D eigenvalue weighted by atomic mass is 79.9. The Hall–Kier alpha value is -1.46. The van der Waals surface area contributed by atoms with Crippen molar-refractivity contribution in [1.29, 1.82) is 0 Å². The normalized spacial score (nSPS) is 10.0. The maximum atomic E-state index is 11.8. The standard InChI is InChI=1S/C11H7BrClN3O/c12-10-6-14-9(5-15-10)11(17)16-8-3-1-2-7(13)4-8/h1-6H,(H,16,17). The van der Waals surface area contributed by atoms with E-state index in [0.717, 1.165) is 0 Å². The van der Waals surface area contributed by atoms with E-state index in [1.54, 1.807) is 24.3 Å². The molecule has 0 aliphatic heterocycles. The molecule has 0 aliphatic rings. The highest BCUT2D eigenvalue weighted by molar-refractivity contribution is 9.10. The molecule has 4 nitrogen and oxygen atoms in total. The van der Waals surface area contributed by atoms with E-state index in [1.807, 2.05) is 0 Å². The summed E-state index contributed by atoms with van der Waals surface area (Å²) >= 11 is 8.96. The Bertz CT molecular complexity index is 545. The van der Waals surface area contributed by atoms with E-state index in [9.17, 15) is 4.79 Å². The summed E-state index contributed by atoms with van der Waals surface area (Å²) in [5, 5.41) is 3.24. The molecule has 0 unspecified atom stereocenters. The van der Waals surface area contributed by atoms with Crippen molar-refractivity contribution >= 4 is 39.1 Å². The molecular formula is C11H7BrClN3O. The van der Waals surface area contributed by atoms with E-state index in [2.05, 4.69) is 31.2 Å². The Morgan fingerprint density at radius 3 is 2.76 bits per heavy atom. The molecule has 0 bridgehead atoms. The van der Waals surface area contributed by atoms with Gasteiger partial charge in [-0.25, -0.2) is 9.97 Å². The SMILES string of the molecule is O=C(Nc1cccc(Cl)c1)c1cnc(Br)cn1. The molecule has 0 atom stereocenters. The predicted octanol–water partition coefficient (Wildman–Crippen LogP) is 3.14. The zero-order valence-electron chi connectivity index (χ0n) is 8.52.